The van der Waals surface area contributed by atoms with Crippen LogP contribution in [0.1, 0.15) is 25.3 Å². The van der Waals surface area contributed by atoms with Gasteiger partial charge in [0.05, 0.1) is 12.2 Å². The van der Waals surface area contributed by atoms with Gasteiger partial charge in [0.1, 0.15) is 0 Å². The second kappa shape index (κ2) is 7.63. The molecule has 1 N–H and O–H groups in total. The van der Waals surface area contributed by atoms with Crippen molar-refractivity contribution in [2.24, 2.45) is 0 Å². The van der Waals surface area contributed by atoms with Crippen molar-refractivity contribution < 1.29 is 4.74 Å². The van der Waals surface area contributed by atoms with Crippen LogP contribution >= 0.6 is 0 Å². The van der Waals surface area contributed by atoms with Crippen molar-refractivity contribution in [1.29, 1.82) is 0 Å². The molecule has 1 saturated heterocycles. The van der Waals surface area contributed by atoms with Gasteiger partial charge in [-0.2, -0.15) is 0 Å². The Morgan fingerprint density at radius 1 is 1.21 bits per heavy atom. The smallest absolute Gasteiger partial charge is 0.0707 e. The van der Waals surface area contributed by atoms with Crippen LogP contribution in [0.4, 0.5) is 0 Å². The number of rotatable bonds is 7. The highest BCUT2D eigenvalue weighted by molar-refractivity contribution is 5.14. The minimum Gasteiger partial charge on any atom is -0.372 e. The van der Waals surface area contributed by atoms with Crippen LogP contribution in [-0.2, 0) is 11.3 Å². The molecule has 19 heavy (non-hydrogen) atoms. The first-order chi connectivity index (χ1) is 9.28. The monoisotopic (exact) mass is 262 g/mol. The Bertz CT molecular complexity index is 355. The molecule has 3 nitrogen and oxygen atoms in total. The molecule has 0 aliphatic carbocycles. The zero-order valence-electron chi connectivity index (χ0n) is 12.1. The Balaban J connectivity index is 1.70. The molecule has 0 radical (unpaired) electrons. The molecule has 0 spiro atoms. The van der Waals surface area contributed by atoms with Crippen LogP contribution in [0.25, 0.3) is 0 Å². The van der Waals surface area contributed by atoms with Gasteiger partial charge in [0.2, 0.25) is 0 Å². The molecule has 2 unspecified atom stereocenters. The lowest BCUT2D eigenvalue weighted by Gasteiger charge is -2.21. The van der Waals surface area contributed by atoms with Crippen LogP contribution in [0.3, 0.4) is 0 Å². The van der Waals surface area contributed by atoms with E-state index in [9.17, 15) is 0 Å². The summed E-state index contributed by atoms with van der Waals surface area (Å²) in [6.07, 6.45) is 3.19. The summed E-state index contributed by atoms with van der Waals surface area (Å²) >= 11 is 0. The Labute approximate surface area is 116 Å². The number of hydrogen-bond acceptors (Lipinski definition) is 3. The molecule has 3 heteroatoms. The Morgan fingerprint density at radius 2 is 1.95 bits per heavy atom. The maximum Gasteiger partial charge on any atom is 0.0707 e. The molecule has 106 valence electrons. The minimum absolute atomic E-state index is 0.400. The predicted octanol–water partition coefficient (Wildman–Crippen LogP) is 2.28. The second-order valence-corrected chi connectivity index (χ2v) is 5.45. The molecule has 2 atom stereocenters. The third-order valence-electron chi connectivity index (χ3n) is 3.63. The Morgan fingerprint density at radius 3 is 2.68 bits per heavy atom. The molecule has 0 aromatic heterocycles. The summed E-state index contributed by atoms with van der Waals surface area (Å²) in [6, 6.07) is 10.6. The van der Waals surface area contributed by atoms with Gasteiger partial charge in [0.25, 0.3) is 0 Å². The standard InChI is InChI=1S/C16H26N2O/c1-3-17-11-15-9-10-16(19-15)13-18(2)12-14-7-5-4-6-8-14/h4-8,15-17H,3,9-13H2,1-2H3. The van der Waals surface area contributed by atoms with Crippen LogP contribution in [0.15, 0.2) is 30.3 Å². The fourth-order valence-corrected chi connectivity index (χ4v) is 2.68. The number of benzene rings is 1. The first kappa shape index (κ1) is 14.5. The summed E-state index contributed by atoms with van der Waals surface area (Å²) in [6.45, 7) is 6.18. The third-order valence-corrected chi connectivity index (χ3v) is 3.63. The highest BCUT2D eigenvalue weighted by Crippen LogP contribution is 2.20. The Kier molecular flexibility index (Phi) is 5.83. The first-order valence-corrected chi connectivity index (χ1v) is 7.36. The van der Waals surface area contributed by atoms with E-state index in [2.05, 4.69) is 54.5 Å². The van der Waals surface area contributed by atoms with Crippen molar-refractivity contribution in [3.63, 3.8) is 0 Å². The number of likely N-dealkylation sites (N-methyl/N-ethyl adjacent to an activating group) is 2. The number of nitrogens with zero attached hydrogens (tertiary/aromatic N) is 1. The number of hydrogen-bond donors (Lipinski definition) is 1. The van der Waals surface area contributed by atoms with Gasteiger partial charge >= 0.3 is 0 Å². The Hall–Kier alpha value is -0.900. The first-order valence-electron chi connectivity index (χ1n) is 7.36. The molecule has 1 aliphatic heterocycles. The van der Waals surface area contributed by atoms with Gasteiger partial charge in [-0.05, 0) is 32.0 Å². The van der Waals surface area contributed by atoms with Gasteiger partial charge in [0.15, 0.2) is 0 Å². The van der Waals surface area contributed by atoms with Crippen molar-refractivity contribution in [2.75, 3.05) is 26.7 Å². The molecule has 0 amide bonds. The fraction of sp³-hybridized carbons (Fsp3) is 0.625. The van der Waals surface area contributed by atoms with Crippen molar-refractivity contribution in [3.05, 3.63) is 35.9 Å². The molecular formula is C16H26N2O. The van der Waals surface area contributed by atoms with Gasteiger partial charge in [-0.3, -0.25) is 4.90 Å². The van der Waals surface area contributed by atoms with Gasteiger partial charge < -0.3 is 10.1 Å². The van der Waals surface area contributed by atoms with E-state index < -0.39 is 0 Å². The van der Waals surface area contributed by atoms with Crippen molar-refractivity contribution in [2.45, 2.75) is 38.5 Å². The fourth-order valence-electron chi connectivity index (χ4n) is 2.68. The van der Waals surface area contributed by atoms with E-state index in [0.29, 0.717) is 12.2 Å². The SMILES string of the molecule is CCNCC1CCC(CN(C)Cc2ccccc2)O1. The highest BCUT2D eigenvalue weighted by atomic mass is 16.5. The molecule has 1 aromatic rings. The zero-order chi connectivity index (χ0) is 13.5. The van der Waals surface area contributed by atoms with Crippen LogP contribution in [0.5, 0.6) is 0 Å². The van der Waals surface area contributed by atoms with Gasteiger partial charge in [-0.15, -0.1) is 0 Å². The third kappa shape index (κ3) is 4.94. The van der Waals surface area contributed by atoms with Crippen LogP contribution in [0.2, 0.25) is 0 Å². The van der Waals surface area contributed by atoms with E-state index in [1.165, 1.54) is 18.4 Å². The molecule has 2 rings (SSSR count). The van der Waals surface area contributed by atoms with Gasteiger partial charge in [-0.25, -0.2) is 0 Å². The van der Waals surface area contributed by atoms with Crippen molar-refractivity contribution in [3.8, 4) is 0 Å². The van der Waals surface area contributed by atoms with Crippen molar-refractivity contribution >= 4 is 0 Å². The summed E-state index contributed by atoms with van der Waals surface area (Å²) in [5.74, 6) is 0. The van der Waals surface area contributed by atoms with E-state index in [-0.39, 0.29) is 0 Å². The summed E-state index contributed by atoms with van der Waals surface area (Å²) in [5, 5.41) is 3.37. The summed E-state index contributed by atoms with van der Waals surface area (Å²) in [7, 11) is 2.17. The molecule has 1 aromatic carbocycles. The van der Waals surface area contributed by atoms with E-state index >= 15 is 0 Å². The molecule has 1 heterocycles. The molecular weight excluding hydrogens is 236 g/mol. The van der Waals surface area contributed by atoms with Crippen molar-refractivity contribution in [1.82, 2.24) is 10.2 Å². The topological polar surface area (TPSA) is 24.5 Å². The lowest BCUT2D eigenvalue weighted by molar-refractivity contribution is 0.0270. The van der Waals surface area contributed by atoms with Gasteiger partial charge in [-0.1, -0.05) is 37.3 Å². The quantitative estimate of drug-likeness (QED) is 0.816. The summed E-state index contributed by atoms with van der Waals surface area (Å²) in [4.78, 5) is 2.36. The predicted molar refractivity (Wildman–Crippen MR) is 79.2 cm³/mol. The summed E-state index contributed by atoms with van der Waals surface area (Å²) in [5.41, 5.74) is 1.37. The summed E-state index contributed by atoms with van der Waals surface area (Å²) < 4.78 is 6.07. The van der Waals surface area contributed by atoms with Crippen LogP contribution in [0, 0.1) is 0 Å². The lowest BCUT2D eigenvalue weighted by atomic mass is 10.1. The largest absolute Gasteiger partial charge is 0.372 e. The minimum atomic E-state index is 0.400. The van der Waals surface area contributed by atoms with E-state index in [4.69, 9.17) is 4.74 Å². The maximum absolute atomic E-state index is 6.07. The molecule has 0 saturated carbocycles. The van der Waals surface area contributed by atoms with E-state index in [0.717, 1.165) is 26.2 Å². The molecule has 1 fully saturated rings. The molecule has 0 bridgehead atoms. The normalized spacial score (nSPS) is 23.1. The van der Waals surface area contributed by atoms with E-state index in [1.54, 1.807) is 0 Å². The van der Waals surface area contributed by atoms with E-state index in [1.807, 2.05) is 0 Å². The van der Waals surface area contributed by atoms with Crippen LogP contribution in [-0.4, -0.2) is 43.8 Å². The highest BCUT2D eigenvalue weighted by Gasteiger charge is 2.25. The average molecular weight is 262 g/mol. The maximum atomic E-state index is 6.07. The number of nitrogens with one attached hydrogen (secondary N) is 1. The molecule has 1 aliphatic rings. The lowest BCUT2D eigenvalue weighted by Crippen LogP contribution is -2.31. The van der Waals surface area contributed by atoms with Crippen LogP contribution < -0.4 is 5.32 Å². The second-order valence-electron chi connectivity index (χ2n) is 5.45. The average Bonchev–Trinajstić information content (AvgIpc) is 2.85. The number of ether oxygens (including phenoxy) is 1. The zero-order valence-corrected chi connectivity index (χ0v) is 12.1. The van der Waals surface area contributed by atoms with Gasteiger partial charge in [0, 0.05) is 19.6 Å².